The molecule has 1 atom stereocenters. The van der Waals surface area contributed by atoms with Gasteiger partial charge in [0.05, 0.1) is 6.04 Å². The van der Waals surface area contributed by atoms with Gasteiger partial charge in [-0.25, -0.2) is 0 Å². The second kappa shape index (κ2) is 7.88. The third-order valence-corrected chi connectivity index (χ3v) is 3.46. The lowest BCUT2D eigenvalue weighted by Crippen LogP contribution is -2.51. The van der Waals surface area contributed by atoms with Crippen LogP contribution >= 0.6 is 0 Å². The van der Waals surface area contributed by atoms with Gasteiger partial charge in [-0.15, -0.1) is 0 Å². The first-order chi connectivity index (χ1) is 8.55. The summed E-state index contributed by atoms with van der Waals surface area (Å²) < 4.78 is 0. The van der Waals surface area contributed by atoms with E-state index in [1.165, 1.54) is 0 Å². The van der Waals surface area contributed by atoms with Gasteiger partial charge in [0.25, 0.3) is 0 Å². The van der Waals surface area contributed by atoms with Crippen LogP contribution < -0.4 is 5.73 Å². The van der Waals surface area contributed by atoms with Crippen LogP contribution in [0.4, 0.5) is 0 Å². The molecule has 0 heterocycles. The largest absolute Gasteiger partial charge is 0.341 e. The summed E-state index contributed by atoms with van der Waals surface area (Å²) in [6.07, 6.45) is 2.08. The number of rotatable bonds is 7. The Morgan fingerprint density at radius 3 is 1.63 bits per heavy atom. The number of carbonyl (C=O) groups excluding carboxylic acids is 1. The molecule has 0 saturated heterocycles. The van der Waals surface area contributed by atoms with Crippen molar-refractivity contribution < 1.29 is 4.79 Å². The molecule has 2 N–H and O–H groups in total. The molecule has 0 spiro atoms. The topological polar surface area (TPSA) is 46.3 Å². The predicted molar refractivity (Wildman–Crippen MR) is 82.9 cm³/mol. The molecule has 114 valence electrons. The average Bonchev–Trinajstić information content (AvgIpc) is 2.25. The highest BCUT2D eigenvalue weighted by Crippen LogP contribution is 2.20. The zero-order valence-corrected chi connectivity index (χ0v) is 14.0. The lowest BCUT2D eigenvalue weighted by atomic mass is 9.86. The van der Waals surface area contributed by atoms with E-state index in [1.807, 2.05) is 25.7 Å². The van der Waals surface area contributed by atoms with Crippen molar-refractivity contribution in [2.24, 2.45) is 23.0 Å². The summed E-state index contributed by atoms with van der Waals surface area (Å²) in [5.74, 6) is 1.33. The van der Waals surface area contributed by atoms with Crippen molar-refractivity contribution in [1.82, 2.24) is 4.90 Å². The molecule has 0 aliphatic rings. The maximum atomic E-state index is 12.5. The van der Waals surface area contributed by atoms with Gasteiger partial charge in [0.2, 0.25) is 5.91 Å². The van der Waals surface area contributed by atoms with Crippen LogP contribution in [0.15, 0.2) is 0 Å². The Labute approximate surface area is 119 Å². The number of amides is 1. The summed E-state index contributed by atoms with van der Waals surface area (Å²) >= 11 is 0. The maximum Gasteiger partial charge on any atom is 0.240 e. The fourth-order valence-electron chi connectivity index (χ4n) is 1.73. The SMILES string of the molecule is CC(C)CCN(CCC(C)C)C(=O)C(N)C(C)(C)C. The molecule has 1 unspecified atom stereocenters. The summed E-state index contributed by atoms with van der Waals surface area (Å²) in [5, 5.41) is 0. The lowest BCUT2D eigenvalue weighted by molar-refractivity contribution is -0.135. The predicted octanol–water partition coefficient (Wildman–Crippen LogP) is 3.28. The van der Waals surface area contributed by atoms with Crippen LogP contribution in [0, 0.1) is 17.3 Å². The molecule has 0 aliphatic heterocycles. The Bertz CT molecular complexity index is 254. The highest BCUT2D eigenvalue weighted by molar-refractivity contribution is 5.82. The molecule has 0 radical (unpaired) electrons. The minimum atomic E-state index is -0.410. The molecule has 0 aliphatic carbocycles. The molecule has 0 saturated carbocycles. The molecular formula is C16H34N2O. The molecule has 19 heavy (non-hydrogen) atoms. The van der Waals surface area contributed by atoms with Gasteiger partial charge in [0.1, 0.15) is 0 Å². The van der Waals surface area contributed by atoms with E-state index in [9.17, 15) is 4.79 Å². The van der Waals surface area contributed by atoms with Gasteiger partial charge >= 0.3 is 0 Å². The Hall–Kier alpha value is -0.570. The first-order valence-electron chi connectivity index (χ1n) is 7.60. The summed E-state index contributed by atoms with van der Waals surface area (Å²) in [6, 6.07) is -0.410. The van der Waals surface area contributed by atoms with E-state index in [0.29, 0.717) is 11.8 Å². The van der Waals surface area contributed by atoms with E-state index in [-0.39, 0.29) is 11.3 Å². The molecule has 0 aromatic rings. The van der Waals surface area contributed by atoms with Gasteiger partial charge in [0, 0.05) is 13.1 Å². The van der Waals surface area contributed by atoms with E-state index in [0.717, 1.165) is 25.9 Å². The lowest BCUT2D eigenvalue weighted by Gasteiger charge is -2.33. The number of nitrogens with two attached hydrogens (primary N) is 1. The first kappa shape index (κ1) is 18.4. The van der Waals surface area contributed by atoms with E-state index in [1.54, 1.807) is 0 Å². The first-order valence-corrected chi connectivity index (χ1v) is 7.60. The third-order valence-electron chi connectivity index (χ3n) is 3.46. The average molecular weight is 270 g/mol. The van der Waals surface area contributed by atoms with Crippen LogP contribution in [0.5, 0.6) is 0 Å². The molecule has 3 nitrogen and oxygen atoms in total. The second-order valence-electron chi connectivity index (χ2n) is 7.53. The summed E-state index contributed by atoms with van der Waals surface area (Å²) in [6.45, 7) is 16.5. The number of hydrogen-bond donors (Lipinski definition) is 1. The standard InChI is InChI=1S/C16H34N2O/c1-12(2)8-10-18(11-9-13(3)4)15(19)14(17)16(5,6)7/h12-14H,8-11,17H2,1-7H3. The Morgan fingerprint density at radius 1 is 1.00 bits per heavy atom. The van der Waals surface area contributed by atoms with Crippen molar-refractivity contribution in [2.45, 2.75) is 67.3 Å². The van der Waals surface area contributed by atoms with Crippen LogP contribution in [0.2, 0.25) is 0 Å². The Kier molecular flexibility index (Phi) is 7.65. The van der Waals surface area contributed by atoms with Crippen LogP contribution in [0.1, 0.15) is 61.3 Å². The van der Waals surface area contributed by atoms with Crippen molar-refractivity contribution in [2.75, 3.05) is 13.1 Å². The summed E-state index contributed by atoms with van der Waals surface area (Å²) in [5.41, 5.74) is 5.94. The van der Waals surface area contributed by atoms with Crippen molar-refractivity contribution in [3.8, 4) is 0 Å². The number of hydrogen-bond acceptors (Lipinski definition) is 2. The smallest absolute Gasteiger partial charge is 0.240 e. The molecule has 1 amide bonds. The van der Waals surface area contributed by atoms with E-state index < -0.39 is 6.04 Å². The van der Waals surface area contributed by atoms with Gasteiger partial charge < -0.3 is 10.6 Å². The minimum absolute atomic E-state index is 0.105. The monoisotopic (exact) mass is 270 g/mol. The molecular weight excluding hydrogens is 236 g/mol. The molecule has 0 aromatic carbocycles. The quantitative estimate of drug-likeness (QED) is 0.771. The van der Waals surface area contributed by atoms with Crippen molar-refractivity contribution in [3.63, 3.8) is 0 Å². The minimum Gasteiger partial charge on any atom is -0.341 e. The number of nitrogens with zero attached hydrogens (tertiary/aromatic N) is 1. The van der Waals surface area contributed by atoms with Crippen LogP contribution in [0.3, 0.4) is 0 Å². The Morgan fingerprint density at radius 2 is 1.37 bits per heavy atom. The Balaban J connectivity index is 4.66. The van der Waals surface area contributed by atoms with Gasteiger partial charge in [-0.1, -0.05) is 48.5 Å². The normalized spacial score (nSPS) is 14.0. The molecule has 0 aromatic heterocycles. The van der Waals surface area contributed by atoms with Gasteiger partial charge in [-0.3, -0.25) is 4.79 Å². The second-order valence-corrected chi connectivity index (χ2v) is 7.53. The number of carbonyl (C=O) groups is 1. The molecule has 3 heteroatoms. The fourth-order valence-corrected chi connectivity index (χ4v) is 1.73. The van der Waals surface area contributed by atoms with Gasteiger partial charge in [0.15, 0.2) is 0 Å². The third kappa shape index (κ3) is 7.56. The van der Waals surface area contributed by atoms with Crippen LogP contribution in [0.25, 0.3) is 0 Å². The fraction of sp³-hybridized carbons (Fsp3) is 0.938. The van der Waals surface area contributed by atoms with Gasteiger partial charge in [-0.05, 0) is 30.1 Å². The van der Waals surface area contributed by atoms with Crippen LogP contribution in [-0.2, 0) is 4.79 Å². The zero-order valence-electron chi connectivity index (χ0n) is 14.0. The zero-order chi connectivity index (χ0) is 15.2. The summed E-state index contributed by atoms with van der Waals surface area (Å²) in [4.78, 5) is 14.5. The molecule has 0 rings (SSSR count). The van der Waals surface area contributed by atoms with Gasteiger partial charge in [-0.2, -0.15) is 0 Å². The van der Waals surface area contributed by atoms with Crippen LogP contribution in [-0.4, -0.2) is 29.9 Å². The van der Waals surface area contributed by atoms with E-state index in [2.05, 4.69) is 27.7 Å². The highest BCUT2D eigenvalue weighted by Gasteiger charge is 2.30. The maximum absolute atomic E-state index is 12.5. The summed E-state index contributed by atoms with van der Waals surface area (Å²) in [7, 11) is 0. The van der Waals surface area contributed by atoms with E-state index >= 15 is 0 Å². The van der Waals surface area contributed by atoms with Crippen molar-refractivity contribution in [3.05, 3.63) is 0 Å². The van der Waals surface area contributed by atoms with Crippen molar-refractivity contribution in [1.29, 1.82) is 0 Å². The highest BCUT2D eigenvalue weighted by atomic mass is 16.2. The molecule has 0 bridgehead atoms. The van der Waals surface area contributed by atoms with E-state index in [4.69, 9.17) is 5.73 Å². The van der Waals surface area contributed by atoms with Crippen molar-refractivity contribution >= 4 is 5.91 Å². The molecule has 0 fully saturated rings.